The van der Waals surface area contributed by atoms with Crippen molar-refractivity contribution in [3.8, 4) is 0 Å². The van der Waals surface area contributed by atoms with Crippen LogP contribution >= 0.6 is 0 Å². The van der Waals surface area contributed by atoms with Gasteiger partial charge in [0.1, 0.15) is 226 Å². The summed E-state index contributed by atoms with van der Waals surface area (Å²) >= 11 is 0. The van der Waals surface area contributed by atoms with Gasteiger partial charge in [-0.3, -0.25) is 19.2 Å². The number of carbonyl (C=O) groups is 5. The van der Waals surface area contributed by atoms with E-state index in [9.17, 15) is 167 Å². The smallest absolute Gasteiger partial charge is 0.364 e. The molecule has 10 aliphatic heterocycles. The van der Waals surface area contributed by atoms with Crippen LogP contribution in [0.5, 0.6) is 0 Å². The minimum Gasteiger partial charge on any atom is -0.477 e. The number of carboxylic acid groups (broad SMARTS) is 1. The Labute approximate surface area is 719 Å². The lowest BCUT2D eigenvalue weighted by Gasteiger charge is -2.52. The van der Waals surface area contributed by atoms with Gasteiger partial charge in [-0.15, -0.1) is 0 Å². The molecule has 0 aromatic carbocycles. The Morgan fingerprint density at radius 3 is 1.25 bits per heavy atom. The number of aliphatic carboxylic acids is 1. The lowest BCUT2D eigenvalue weighted by Crippen LogP contribution is -2.72. The van der Waals surface area contributed by atoms with Gasteiger partial charge in [0.15, 0.2) is 56.6 Å². The first-order valence-electron chi connectivity index (χ1n) is 40.5. The Hall–Kier alpha value is -4.49. The lowest BCUT2D eigenvalue weighted by molar-refractivity contribution is -0.406. The Morgan fingerprint density at radius 2 is 0.709 bits per heavy atom. The van der Waals surface area contributed by atoms with Gasteiger partial charge in [-0.1, -0.05) is 0 Å². The minimum absolute atomic E-state index is 0.844. The molecule has 0 aromatic rings. The number of amides is 4. The predicted molar refractivity (Wildman–Crippen MR) is 390 cm³/mol. The largest absolute Gasteiger partial charge is 0.477 e. The highest BCUT2D eigenvalue weighted by Crippen LogP contribution is 2.43. The van der Waals surface area contributed by atoms with Crippen LogP contribution in [0.4, 0.5) is 0 Å². The SMILES string of the molecule is CC(=O)N[C@@H]1[C@@H](O)[C@H](O[C@@H]2O[C@H](CO)[C@@H](O[C@@H]3O[C@H](CO[C@H]4O[C@H](CO)[C@@H](O)[C@H](O)[C@@H]4O)[C@@H](O)[C@H](O[C@H]4O[C@H](CO)[C@@H](O)[C@H](O)[C@@H]4O[C@@H]4O[C@H](CO)[C@@H](O[C@@H]5O[C@H](CO)[C@H](O)[C@H](O[C@]6(C(=O)O)C[C@H](O)[C@@H](NC(C)=O)[C@H]([C@H](O)[C@H](O)CO)O6)[C@H]5O)[C@H](O[C@@H]5O[C@@H](C)[C@@H](O)[C@@H](O)[C@@H]5O)[C@H]4NC(C)=O)[C@@H]3O)[C@H](O)[C@H]2NC(C)=O)[C@@H](CO[C@@H]2O[C@@H](C)[C@@H](O)[C@@H](O)[C@@H]2O)O[C@H]1O. The highest BCUT2D eigenvalue weighted by atomic mass is 16.8. The molecule has 734 valence electrons. The fourth-order valence-electron chi connectivity index (χ4n) is 16.4. The fourth-order valence-corrected chi connectivity index (χ4v) is 16.4. The Bertz CT molecular complexity index is 3510. The second-order valence-electron chi connectivity index (χ2n) is 32.4. The molecular weight excluding hydrogens is 1740 g/mol. The van der Waals surface area contributed by atoms with Crippen LogP contribution in [0.1, 0.15) is 48.0 Å². The molecule has 0 aliphatic carbocycles. The molecule has 10 saturated heterocycles. The number of aliphatic hydroxyl groups excluding tert-OH is 27. The van der Waals surface area contributed by atoms with Gasteiger partial charge in [0, 0.05) is 34.1 Å². The zero-order chi connectivity index (χ0) is 93.9. The van der Waals surface area contributed by atoms with Crippen LogP contribution in [-0.4, -0.2) is 538 Å². The average molecular weight is 1860 g/mol. The van der Waals surface area contributed by atoms with E-state index in [0.717, 1.165) is 27.7 Å². The average Bonchev–Trinajstić information content (AvgIpc) is 0.754. The van der Waals surface area contributed by atoms with Gasteiger partial charge in [-0.25, -0.2) is 4.79 Å². The first-order chi connectivity index (χ1) is 59.8. The molecule has 0 saturated carbocycles. The maximum atomic E-state index is 13.7. The van der Waals surface area contributed by atoms with Crippen molar-refractivity contribution in [1.82, 2.24) is 21.3 Å². The third kappa shape index (κ3) is 23.0. The first kappa shape index (κ1) is 105. The number of ether oxygens (including phenoxy) is 19. The summed E-state index contributed by atoms with van der Waals surface area (Å²) in [5.74, 6) is -9.42. The van der Waals surface area contributed by atoms with E-state index in [1.165, 1.54) is 13.8 Å². The summed E-state index contributed by atoms with van der Waals surface area (Å²) in [4.78, 5) is 65.2. The third-order valence-corrected chi connectivity index (χ3v) is 23.3. The number of hydrogen-bond acceptors (Lipinski definition) is 51. The Kier molecular flexibility index (Phi) is 36.9. The Morgan fingerprint density at radius 1 is 0.339 bits per heavy atom. The molecule has 127 heavy (non-hydrogen) atoms. The summed E-state index contributed by atoms with van der Waals surface area (Å²) in [6.07, 6.45) is -100. The molecule has 0 aromatic heterocycles. The van der Waals surface area contributed by atoms with Crippen molar-refractivity contribution in [3.63, 3.8) is 0 Å². The summed E-state index contributed by atoms with van der Waals surface area (Å²) in [7, 11) is 0. The highest BCUT2D eigenvalue weighted by Gasteiger charge is 2.64. The molecule has 10 fully saturated rings. The molecule has 32 N–H and O–H groups in total. The van der Waals surface area contributed by atoms with Gasteiger partial charge >= 0.3 is 5.97 Å². The van der Waals surface area contributed by atoms with Crippen molar-refractivity contribution in [3.05, 3.63) is 0 Å². The third-order valence-electron chi connectivity index (χ3n) is 23.3. The van der Waals surface area contributed by atoms with Crippen LogP contribution in [0, 0.1) is 0 Å². The molecule has 10 aliphatic rings. The zero-order valence-electron chi connectivity index (χ0n) is 68.6. The molecule has 10 heterocycles. The molecule has 51 atom stereocenters. The highest BCUT2D eigenvalue weighted by molar-refractivity contribution is 5.77. The van der Waals surface area contributed by atoms with Crippen LogP contribution in [-0.2, 0) is 114 Å². The zero-order valence-corrected chi connectivity index (χ0v) is 68.6. The maximum absolute atomic E-state index is 13.7. The van der Waals surface area contributed by atoms with Gasteiger partial charge in [-0.05, 0) is 13.8 Å². The number of rotatable bonds is 33. The summed E-state index contributed by atoms with van der Waals surface area (Å²) < 4.78 is 114. The molecular formula is C71H118N4O52. The van der Waals surface area contributed by atoms with Crippen molar-refractivity contribution in [2.24, 2.45) is 0 Å². The molecule has 56 heteroatoms. The van der Waals surface area contributed by atoms with Gasteiger partial charge < -0.3 is 254 Å². The lowest BCUT2D eigenvalue weighted by atomic mass is 9.88. The van der Waals surface area contributed by atoms with Crippen molar-refractivity contribution in [2.45, 2.75) is 360 Å². The van der Waals surface area contributed by atoms with Gasteiger partial charge in [0.25, 0.3) is 5.79 Å². The van der Waals surface area contributed by atoms with Crippen molar-refractivity contribution < 1.29 is 257 Å². The number of hydrogen-bond donors (Lipinski definition) is 32. The van der Waals surface area contributed by atoms with Gasteiger partial charge in [0.2, 0.25) is 23.6 Å². The number of nitrogens with one attached hydrogen (secondary N) is 4. The van der Waals surface area contributed by atoms with Crippen LogP contribution in [0.25, 0.3) is 0 Å². The molecule has 56 nitrogen and oxygen atoms in total. The number of carbonyl (C=O) groups excluding carboxylic acids is 4. The summed E-state index contributed by atoms with van der Waals surface area (Å²) in [6.45, 7) is -3.23. The first-order valence-corrected chi connectivity index (χ1v) is 40.5. The molecule has 10 rings (SSSR count). The molecule has 0 radical (unpaired) electrons. The quantitative estimate of drug-likeness (QED) is 0.0290. The predicted octanol–water partition coefficient (Wildman–Crippen LogP) is -21.0. The summed E-state index contributed by atoms with van der Waals surface area (Å²) in [5.41, 5.74) is 0. The summed E-state index contributed by atoms with van der Waals surface area (Å²) in [5, 5.41) is 323. The maximum Gasteiger partial charge on any atom is 0.364 e. The van der Waals surface area contributed by atoms with E-state index < -0.39 is 401 Å². The second kappa shape index (κ2) is 44.8. The van der Waals surface area contributed by atoms with Crippen molar-refractivity contribution in [2.75, 3.05) is 52.9 Å². The topological polar surface area (TPSA) is 875 Å². The second-order valence-corrected chi connectivity index (χ2v) is 32.4. The summed E-state index contributed by atoms with van der Waals surface area (Å²) in [6, 6.07) is -7.77. The van der Waals surface area contributed by atoms with Crippen molar-refractivity contribution >= 4 is 29.6 Å². The molecule has 4 amide bonds. The molecule has 0 spiro atoms. The van der Waals surface area contributed by atoms with E-state index in [4.69, 9.17) is 90.0 Å². The fraction of sp³-hybridized carbons (Fsp3) is 0.930. The van der Waals surface area contributed by atoms with E-state index in [-0.39, 0.29) is 0 Å². The van der Waals surface area contributed by atoms with Crippen molar-refractivity contribution in [1.29, 1.82) is 0 Å². The number of aliphatic hydroxyl groups is 27. The minimum atomic E-state index is -3.38. The Balaban J connectivity index is 0.988. The van der Waals surface area contributed by atoms with E-state index in [1.807, 2.05) is 0 Å². The van der Waals surface area contributed by atoms with E-state index in [0.29, 0.717) is 0 Å². The monoisotopic (exact) mass is 1860 g/mol. The molecule has 0 unspecified atom stereocenters. The van der Waals surface area contributed by atoms with E-state index in [2.05, 4.69) is 21.3 Å². The van der Waals surface area contributed by atoms with Crippen LogP contribution in [0.15, 0.2) is 0 Å². The van der Waals surface area contributed by atoms with Crippen LogP contribution < -0.4 is 21.3 Å². The van der Waals surface area contributed by atoms with Crippen LogP contribution in [0.2, 0.25) is 0 Å². The number of carboxylic acids is 1. The van der Waals surface area contributed by atoms with Gasteiger partial charge in [0.05, 0.1) is 77.2 Å². The van der Waals surface area contributed by atoms with Crippen LogP contribution in [0.3, 0.4) is 0 Å². The normalized spacial score (nSPS) is 48.7. The molecule has 0 bridgehead atoms. The standard InChI is InChI=1S/C71H118N4O52/c1-16-35(88)44(97)48(101)64(111-16)110-15-30-54(42(95)32(61(106)113-30)73-19(4)83)120-62-33(74-20(5)84)43(96)53(27(12-80)117-62)121-67-51(104)58(41(94)29(119-67)14-109-65-49(102)46(99)38(91)24(9-77)114-65)124-69-60(47(100)39(92)25(10-78)116-69)125-63-34(75-21(6)85)57(123-66-50(103)45(98)36(89)17(2)112-66)55(28(13-81)118-63)122-68-52(105)59(40(93)26(11-79)115-68)127-71(70(107)108)7-22(86)31(72-18(3)82)56(126-71)37(90)23(87)8-76/h16-17,22-69,76-81,86-106H,7-15H2,1-6H3,(H,72,82)(H,73,83)(H,74,84)(H,75,85)(H,107,108)/t16-,17-,22-,23+,24+,25+,26+,27+,28+,29+,30+,31+,32+,33+,34+,35+,36+,37+,38+,39+,40-,41+,42+,43+,44+,45+,46-,47-,48-,49-,50-,51-,52+,53+,54+,55+,56+,57+,58-,59-,60-,61+,62-,63-,64+,65-,66-,67-,68-,69+,71-/m0/s1. The van der Waals surface area contributed by atoms with E-state index >= 15 is 0 Å². The van der Waals surface area contributed by atoms with E-state index in [1.54, 1.807) is 0 Å². The van der Waals surface area contributed by atoms with Gasteiger partial charge in [-0.2, -0.15) is 0 Å².